The molecule has 0 saturated heterocycles. The summed E-state index contributed by atoms with van der Waals surface area (Å²) >= 11 is 0. The van der Waals surface area contributed by atoms with Gasteiger partial charge in [0.15, 0.2) is 0 Å². The largest absolute Gasteiger partial charge is 0.463 e. The molecule has 0 aromatic rings. The number of carbonyl (C=O) groups is 2. The van der Waals surface area contributed by atoms with Gasteiger partial charge in [0, 0.05) is 12.8 Å². The molecule has 240 valence electrons. The topological polar surface area (TPSA) is 93.1 Å². The fourth-order valence-electron chi connectivity index (χ4n) is 4.50. The lowest BCUT2D eigenvalue weighted by molar-refractivity contribution is -0.148. The van der Waals surface area contributed by atoms with Crippen LogP contribution in [-0.2, 0) is 19.1 Å². The highest BCUT2D eigenvalue weighted by Crippen LogP contribution is 2.13. The highest BCUT2D eigenvalue weighted by atomic mass is 16.5. The maximum atomic E-state index is 11.3. The van der Waals surface area contributed by atoms with Gasteiger partial charge in [-0.15, -0.1) is 0 Å². The summed E-state index contributed by atoms with van der Waals surface area (Å²) in [7, 11) is 0. The first-order valence-electron chi connectivity index (χ1n) is 17.0. The van der Waals surface area contributed by atoms with Gasteiger partial charge in [0.25, 0.3) is 0 Å². The fourth-order valence-corrected chi connectivity index (χ4v) is 4.50. The summed E-state index contributed by atoms with van der Waals surface area (Å²) < 4.78 is 9.94. The minimum atomic E-state index is -0.953. The molecule has 0 radical (unpaired) electrons. The minimum Gasteiger partial charge on any atom is -0.463 e. The second-order valence-corrected chi connectivity index (χ2v) is 11.6. The average molecular weight is 573 g/mol. The van der Waals surface area contributed by atoms with Gasteiger partial charge in [0.2, 0.25) is 0 Å². The Morgan fingerprint density at radius 1 is 0.550 bits per heavy atom. The molecule has 0 saturated carbocycles. The molecule has 0 rings (SSSR count). The van der Waals surface area contributed by atoms with Crippen molar-refractivity contribution in [3.63, 3.8) is 0 Å². The van der Waals surface area contributed by atoms with Crippen LogP contribution in [0, 0.1) is 0 Å². The van der Waals surface area contributed by atoms with Crippen LogP contribution in [0.15, 0.2) is 0 Å². The van der Waals surface area contributed by atoms with Gasteiger partial charge in [-0.25, -0.2) is 0 Å². The summed E-state index contributed by atoms with van der Waals surface area (Å²) in [6, 6.07) is 0. The second kappa shape index (κ2) is 34.1. The van der Waals surface area contributed by atoms with Gasteiger partial charge in [0.1, 0.15) is 12.7 Å². The maximum Gasteiger partial charge on any atom is 0.306 e. The number of esters is 2. The molecule has 0 fully saturated rings. The molecule has 1 unspecified atom stereocenters. The maximum absolute atomic E-state index is 11.3. The number of aliphatic hydroxyl groups is 2. The van der Waals surface area contributed by atoms with Gasteiger partial charge in [0.05, 0.1) is 12.7 Å². The standard InChI is InChI=1S/C17H34O4.C17H34O2/c1-2-3-4-5-6-7-8-9-10-11-12-13-17(20)21-15-16(19)14-18;1-4-5-6-7-8-9-10-11-12-13-14-15-17(18)19-16(2)3/h16,18-19H,2-15H2,1H3;16H,4-15H2,1-3H3. The number of hydrogen-bond donors (Lipinski definition) is 2. The Hall–Kier alpha value is -1.14. The Morgan fingerprint density at radius 3 is 1.20 bits per heavy atom. The molecule has 0 aliphatic rings. The monoisotopic (exact) mass is 573 g/mol. The Bertz CT molecular complexity index is 523. The predicted octanol–water partition coefficient (Wildman–Crippen LogP) is 9.22. The summed E-state index contributed by atoms with van der Waals surface area (Å²) in [4.78, 5) is 22.6. The van der Waals surface area contributed by atoms with Crippen LogP contribution in [-0.4, -0.2) is 47.6 Å². The first-order valence-corrected chi connectivity index (χ1v) is 17.0. The molecular weight excluding hydrogens is 504 g/mol. The molecule has 0 bridgehead atoms. The molecule has 0 aliphatic carbocycles. The smallest absolute Gasteiger partial charge is 0.306 e. The van der Waals surface area contributed by atoms with E-state index in [0.717, 1.165) is 19.3 Å². The third-order valence-corrected chi connectivity index (χ3v) is 6.98. The third-order valence-electron chi connectivity index (χ3n) is 6.98. The molecule has 1 atom stereocenters. The van der Waals surface area contributed by atoms with E-state index >= 15 is 0 Å². The van der Waals surface area contributed by atoms with Crippen molar-refractivity contribution in [1.82, 2.24) is 0 Å². The number of hydrogen-bond acceptors (Lipinski definition) is 6. The average Bonchev–Trinajstić information content (AvgIpc) is 2.93. The summed E-state index contributed by atoms with van der Waals surface area (Å²) in [5, 5.41) is 17.6. The van der Waals surface area contributed by atoms with Gasteiger partial charge >= 0.3 is 11.9 Å². The van der Waals surface area contributed by atoms with E-state index in [2.05, 4.69) is 13.8 Å². The fraction of sp³-hybridized carbons (Fsp3) is 0.941. The summed E-state index contributed by atoms with van der Waals surface area (Å²) in [5.74, 6) is -0.315. The van der Waals surface area contributed by atoms with Crippen molar-refractivity contribution in [2.24, 2.45) is 0 Å². The number of aliphatic hydroxyl groups excluding tert-OH is 2. The molecule has 0 spiro atoms. The number of carbonyl (C=O) groups excluding carboxylic acids is 2. The van der Waals surface area contributed by atoms with Gasteiger partial charge < -0.3 is 19.7 Å². The van der Waals surface area contributed by atoms with E-state index in [4.69, 9.17) is 19.7 Å². The zero-order chi connectivity index (χ0) is 30.1. The lowest BCUT2D eigenvalue weighted by Gasteiger charge is -2.08. The van der Waals surface area contributed by atoms with Crippen LogP contribution in [0.3, 0.4) is 0 Å². The summed E-state index contributed by atoms with van der Waals surface area (Å²) in [5.41, 5.74) is 0. The Kier molecular flexibility index (Phi) is 34.9. The molecule has 6 nitrogen and oxygen atoms in total. The van der Waals surface area contributed by atoms with E-state index in [1.54, 1.807) is 0 Å². The molecule has 40 heavy (non-hydrogen) atoms. The lowest BCUT2D eigenvalue weighted by Crippen LogP contribution is -2.21. The number of unbranched alkanes of at least 4 members (excludes halogenated alkanes) is 20. The Labute approximate surface area is 248 Å². The summed E-state index contributed by atoms with van der Waals surface area (Å²) in [6.45, 7) is 7.83. The van der Waals surface area contributed by atoms with Gasteiger partial charge in [-0.2, -0.15) is 0 Å². The van der Waals surface area contributed by atoms with Crippen LogP contribution < -0.4 is 0 Å². The lowest BCUT2D eigenvalue weighted by atomic mass is 10.1. The molecule has 0 aliphatic heterocycles. The second-order valence-electron chi connectivity index (χ2n) is 11.6. The third kappa shape index (κ3) is 36.9. The van der Waals surface area contributed by atoms with E-state index in [-0.39, 0.29) is 31.3 Å². The molecule has 0 heterocycles. The molecule has 6 heteroatoms. The molecule has 0 aromatic heterocycles. The van der Waals surface area contributed by atoms with Crippen molar-refractivity contribution in [1.29, 1.82) is 0 Å². The molecule has 0 aromatic carbocycles. The van der Waals surface area contributed by atoms with Crippen molar-refractivity contribution in [2.75, 3.05) is 13.2 Å². The van der Waals surface area contributed by atoms with Crippen molar-refractivity contribution in [3.05, 3.63) is 0 Å². The zero-order valence-corrected chi connectivity index (χ0v) is 27.1. The highest BCUT2D eigenvalue weighted by Gasteiger charge is 2.07. The SMILES string of the molecule is CCCCCCCCCCCCCC(=O)OC(C)C.CCCCCCCCCCCCCC(=O)OCC(O)CO. The van der Waals surface area contributed by atoms with Crippen LogP contribution >= 0.6 is 0 Å². The van der Waals surface area contributed by atoms with Gasteiger partial charge in [-0.3, -0.25) is 9.59 Å². The number of rotatable bonds is 28. The van der Waals surface area contributed by atoms with E-state index in [1.165, 1.54) is 122 Å². The van der Waals surface area contributed by atoms with E-state index in [1.807, 2.05) is 13.8 Å². The van der Waals surface area contributed by atoms with Crippen molar-refractivity contribution in [2.45, 2.75) is 194 Å². The van der Waals surface area contributed by atoms with E-state index in [9.17, 15) is 9.59 Å². The first kappa shape index (κ1) is 41.0. The van der Waals surface area contributed by atoms with Crippen molar-refractivity contribution in [3.8, 4) is 0 Å². The Morgan fingerprint density at radius 2 is 0.875 bits per heavy atom. The quantitative estimate of drug-likeness (QED) is 0.0717. The zero-order valence-electron chi connectivity index (χ0n) is 27.1. The first-order chi connectivity index (χ1) is 19.4. The van der Waals surface area contributed by atoms with Crippen LogP contribution in [0.25, 0.3) is 0 Å². The normalized spacial score (nSPS) is 11.7. The molecule has 2 N–H and O–H groups in total. The van der Waals surface area contributed by atoms with Crippen molar-refractivity contribution < 1.29 is 29.3 Å². The van der Waals surface area contributed by atoms with Crippen LogP contribution in [0.1, 0.15) is 182 Å². The van der Waals surface area contributed by atoms with Crippen molar-refractivity contribution >= 4 is 11.9 Å². The summed E-state index contributed by atoms with van der Waals surface area (Å²) in [6.07, 6.45) is 28.3. The van der Waals surface area contributed by atoms with Crippen LogP contribution in [0.5, 0.6) is 0 Å². The number of ether oxygens (including phenoxy) is 2. The highest BCUT2D eigenvalue weighted by molar-refractivity contribution is 5.69. The van der Waals surface area contributed by atoms with E-state index < -0.39 is 6.10 Å². The molecular formula is C34H68O6. The Balaban J connectivity index is 0. The van der Waals surface area contributed by atoms with Crippen LogP contribution in [0.4, 0.5) is 0 Å². The minimum absolute atomic E-state index is 0.0280. The van der Waals surface area contributed by atoms with E-state index in [0.29, 0.717) is 12.8 Å². The van der Waals surface area contributed by atoms with Gasteiger partial charge in [-0.05, 0) is 26.7 Å². The van der Waals surface area contributed by atoms with Gasteiger partial charge in [-0.1, -0.05) is 142 Å². The molecule has 0 amide bonds. The predicted molar refractivity (Wildman–Crippen MR) is 167 cm³/mol. The van der Waals surface area contributed by atoms with Crippen LogP contribution in [0.2, 0.25) is 0 Å².